The number of benzene rings is 1. The van der Waals surface area contributed by atoms with Crippen LogP contribution in [0.5, 0.6) is 0 Å². The second-order valence-corrected chi connectivity index (χ2v) is 4.44. The lowest BCUT2D eigenvalue weighted by atomic mass is 9.89. The summed E-state index contributed by atoms with van der Waals surface area (Å²) in [5.74, 6) is -0.0340. The first-order chi connectivity index (χ1) is 8.16. The number of carbonyl (C=O) groups is 1. The van der Waals surface area contributed by atoms with Crippen molar-refractivity contribution in [3.05, 3.63) is 29.6 Å². The predicted molar refractivity (Wildman–Crippen MR) is 72.8 cm³/mol. The Labute approximate surface area is 113 Å². The number of nitrogens with one attached hydrogen (secondary N) is 2. The number of amides is 1. The molecule has 2 rings (SSSR count). The highest BCUT2D eigenvalue weighted by Gasteiger charge is 2.19. The van der Waals surface area contributed by atoms with Crippen LogP contribution in [-0.4, -0.2) is 19.0 Å². The van der Waals surface area contributed by atoms with Gasteiger partial charge in [0.05, 0.1) is 0 Å². The molecule has 0 aromatic heterocycles. The van der Waals surface area contributed by atoms with Crippen molar-refractivity contribution in [1.29, 1.82) is 0 Å². The first-order valence-corrected chi connectivity index (χ1v) is 5.94. The molecule has 0 spiro atoms. The highest BCUT2D eigenvalue weighted by Crippen LogP contribution is 2.31. The van der Waals surface area contributed by atoms with Crippen LogP contribution in [0, 0.1) is 5.82 Å². The molecule has 0 atom stereocenters. The molecule has 5 heteroatoms. The van der Waals surface area contributed by atoms with Crippen LogP contribution in [0.25, 0.3) is 0 Å². The summed E-state index contributed by atoms with van der Waals surface area (Å²) >= 11 is 0. The summed E-state index contributed by atoms with van der Waals surface area (Å²) in [4.78, 5) is 11.1. The molecule has 0 radical (unpaired) electrons. The quantitative estimate of drug-likeness (QED) is 0.869. The van der Waals surface area contributed by atoms with Crippen LogP contribution < -0.4 is 10.6 Å². The summed E-state index contributed by atoms with van der Waals surface area (Å²) in [6, 6.07) is 4.57. The Morgan fingerprint density at radius 2 is 2.06 bits per heavy atom. The van der Waals surface area contributed by atoms with Gasteiger partial charge in [0.1, 0.15) is 5.82 Å². The largest absolute Gasteiger partial charge is 0.326 e. The summed E-state index contributed by atoms with van der Waals surface area (Å²) < 4.78 is 13.3. The zero-order valence-electron chi connectivity index (χ0n) is 10.3. The Kier molecular flexibility index (Phi) is 5.56. The maximum absolute atomic E-state index is 13.3. The van der Waals surface area contributed by atoms with E-state index in [1.165, 1.54) is 13.0 Å². The molecule has 0 saturated carbocycles. The van der Waals surface area contributed by atoms with E-state index >= 15 is 0 Å². The third-order valence-electron chi connectivity index (χ3n) is 3.10. The van der Waals surface area contributed by atoms with E-state index in [2.05, 4.69) is 10.6 Å². The van der Waals surface area contributed by atoms with E-state index in [9.17, 15) is 9.18 Å². The standard InChI is InChI=1S/C13H17FN2O.ClH/c1-9(17)16-13-3-2-11(14)8-12(13)10-4-6-15-7-5-10;/h2-3,8,10,15H,4-7H2,1H3,(H,16,17);1H. The van der Waals surface area contributed by atoms with Crippen LogP contribution in [0.2, 0.25) is 0 Å². The molecule has 1 heterocycles. The number of carbonyl (C=O) groups excluding carboxylic acids is 1. The van der Waals surface area contributed by atoms with Gasteiger partial charge in [-0.1, -0.05) is 0 Å². The second kappa shape index (κ2) is 6.71. The van der Waals surface area contributed by atoms with Gasteiger partial charge < -0.3 is 10.6 Å². The molecule has 1 aromatic carbocycles. The Balaban J connectivity index is 0.00000162. The van der Waals surface area contributed by atoms with Gasteiger partial charge in [-0.3, -0.25) is 4.79 Å². The van der Waals surface area contributed by atoms with Crippen LogP contribution in [-0.2, 0) is 4.79 Å². The molecule has 1 saturated heterocycles. The molecular weight excluding hydrogens is 255 g/mol. The van der Waals surface area contributed by atoms with Crippen molar-refractivity contribution in [2.75, 3.05) is 18.4 Å². The lowest BCUT2D eigenvalue weighted by Gasteiger charge is -2.25. The van der Waals surface area contributed by atoms with Crippen molar-refractivity contribution >= 4 is 24.0 Å². The van der Waals surface area contributed by atoms with Crippen molar-refractivity contribution < 1.29 is 9.18 Å². The Morgan fingerprint density at radius 3 is 2.67 bits per heavy atom. The van der Waals surface area contributed by atoms with E-state index in [0.717, 1.165) is 37.2 Å². The SMILES string of the molecule is CC(=O)Nc1ccc(F)cc1C1CCNCC1.Cl. The summed E-state index contributed by atoms with van der Waals surface area (Å²) in [6.07, 6.45) is 1.96. The fraction of sp³-hybridized carbons (Fsp3) is 0.462. The minimum atomic E-state index is -0.243. The third kappa shape index (κ3) is 3.68. The maximum Gasteiger partial charge on any atom is 0.221 e. The van der Waals surface area contributed by atoms with Crippen molar-refractivity contribution in [2.45, 2.75) is 25.7 Å². The molecule has 1 aliphatic rings. The Bertz CT molecular complexity index is 419. The lowest BCUT2D eigenvalue weighted by molar-refractivity contribution is -0.114. The summed E-state index contributed by atoms with van der Waals surface area (Å²) in [5, 5.41) is 6.05. The van der Waals surface area contributed by atoms with Gasteiger partial charge in [-0.25, -0.2) is 4.39 Å². The molecule has 1 fully saturated rings. The van der Waals surface area contributed by atoms with E-state index in [4.69, 9.17) is 0 Å². The van der Waals surface area contributed by atoms with Crippen LogP contribution in [0.3, 0.4) is 0 Å². The van der Waals surface area contributed by atoms with Crippen molar-refractivity contribution in [1.82, 2.24) is 5.32 Å². The van der Waals surface area contributed by atoms with Gasteiger partial charge in [-0.2, -0.15) is 0 Å². The van der Waals surface area contributed by atoms with Crippen molar-refractivity contribution in [3.63, 3.8) is 0 Å². The summed E-state index contributed by atoms with van der Waals surface area (Å²) in [7, 11) is 0. The number of piperidine rings is 1. The monoisotopic (exact) mass is 272 g/mol. The Hall–Kier alpha value is -1.13. The van der Waals surface area contributed by atoms with Gasteiger partial charge in [0.2, 0.25) is 5.91 Å². The average Bonchev–Trinajstić information content (AvgIpc) is 2.32. The second-order valence-electron chi connectivity index (χ2n) is 4.44. The number of halogens is 2. The number of rotatable bonds is 2. The topological polar surface area (TPSA) is 41.1 Å². The molecule has 1 amide bonds. The third-order valence-corrected chi connectivity index (χ3v) is 3.10. The van der Waals surface area contributed by atoms with Crippen LogP contribution in [0.1, 0.15) is 31.2 Å². The molecular formula is C13H18ClFN2O. The fourth-order valence-corrected chi connectivity index (χ4v) is 2.31. The summed E-state index contributed by atoms with van der Waals surface area (Å²) in [6.45, 7) is 3.36. The van der Waals surface area contributed by atoms with Gasteiger partial charge >= 0.3 is 0 Å². The highest BCUT2D eigenvalue weighted by molar-refractivity contribution is 5.89. The van der Waals surface area contributed by atoms with E-state index in [1.807, 2.05) is 0 Å². The molecule has 1 aliphatic heterocycles. The molecule has 2 N–H and O–H groups in total. The maximum atomic E-state index is 13.3. The molecule has 0 aliphatic carbocycles. The summed E-state index contributed by atoms with van der Waals surface area (Å²) in [5.41, 5.74) is 1.66. The predicted octanol–water partition coefficient (Wildman–Crippen LogP) is 2.67. The minimum absolute atomic E-state index is 0. The Morgan fingerprint density at radius 1 is 1.39 bits per heavy atom. The number of hydrogen-bond acceptors (Lipinski definition) is 2. The number of hydrogen-bond donors (Lipinski definition) is 2. The number of anilines is 1. The van der Waals surface area contributed by atoms with Gasteiger partial charge in [0.25, 0.3) is 0 Å². The first-order valence-electron chi connectivity index (χ1n) is 5.94. The average molecular weight is 273 g/mol. The first kappa shape index (κ1) is 14.9. The molecule has 0 unspecified atom stereocenters. The van der Waals surface area contributed by atoms with Crippen molar-refractivity contribution in [2.24, 2.45) is 0 Å². The van der Waals surface area contributed by atoms with E-state index in [0.29, 0.717) is 5.92 Å². The zero-order chi connectivity index (χ0) is 12.3. The molecule has 3 nitrogen and oxygen atoms in total. The minimum Gasteiger partial charge on any atom is -0.326 e. The van der Waals surface area contributed by atoms with E-state index in [-0.39, 0.29) is 24.1 Å². The van der Waals surface area contributed by atoms with Gasteiger partial charge in [-0.15, -0.1) is 12.4 Å². The lowest BCUT2D eigenvalue weighted by Crippen LogP contribution is -2.27. The zero-order valence-corrected chi connectivity index (χ0v) is 11.1. The molecule has 18 heavy (non-hydrogen) atoms. The molecule has 1 aromatic rings. The molecule has 0 bridgehead atoms. The van der Waals surface area contributed by atoms with Gasteiger partial charge in [0, 0.05) is 12.6 Å². The van der Waals surface area contributed by atoms with Gasteiger partial charge in [-0.05, 0) is 55.6 Å². The van der Waals surface area contributed by atoms with E-state index in [1.54, 1.807) is 12.1 Å². The van der Waals surface area contributed by atoms with Crippen LogP contribution in [0.4, 0.5) is 10.1 Å². The molecule has 100 valence electrons. The van der Waals surface area contributed by atoms with Crippen LogP contribution >= 0.6 is 12.4 Å². The van der Waals surface area contributed by atoms with E-state index < -0.39 is 0 Å². The highest BCUT2D eigenvalue weighted by atomic mass is 35.5. The van der Waals surface area contributed by atoms with Crippen LogP contribution in [0.15, 0.2) is 18.2 Å². The smallest absolute Gasteiger partial charge is 0.221 e. The van der Waals surface area contributed by atoms with Gasteiger partial charge in [0.15, 0.2) is 0 Å². The van der Waals surface area contributed by atoms with Crippen molar-refractivity contribution in [3.8, 4) is 0 Å². The fourth-order valence-electron chi connectivity index (χ4n) is 2.31. The normalized spacial score (nSPS) is 15.9.